The summed E-state index contributed by atoms with van der Waals surface area (Å²) in [7, 11) is -1.34. The van der Waals surface area contributed by atoms with Gasteiger partial charge in [-0.3, -0.25) is 0 Å². The average molecular weight is 511 g/mol. The SMILES string of the molecule is Cc1ccc2[nH]cc(C3CCN(S(=O)(=O)c4ccc(OCCCN5CCN(C)CC5)cc4)CC3)c2c1. The van der Waals surface area contributed by atoms with Crippen molar-refractivity contribution in [2.75, 3.05) is 59.5 Å². The second-order valence-corrected chi connectivity index (χ2v) is 12.2. The molecular weight excluding hydrogens is 472 g/mol. The number of piperazine rings is 1. The van der Waals surface area contributed by atoms with E-state index in [4.69, 9.17) is 4.74 Å². The number of H-pyrrole nitrogens is 1. The van der Waals surface area contributed by atoms with Crippen molar-refractivity contribution in [3.63, 3.8) is 0 Å². The highest BCUT2D eigenvalue weighted by Crippen LogP contribution is 2.35. The number of benzene rings is 2. The molecule has 7 nitrogen and oxygen atoms in total. The van der Waals surface area contributed by atoms with Gasteiger partial charge in [-0.15, -0.1) is 0 Å². The Hall–Kier alpha value is -2.39. The number of aryl methyl sites for hydroxylation is 1. The van der Waals surface area contributed by atoms with Crippen LogP contribution in [-0.2, 0) is 10.0 Å². The van der Waals surface area contributed by atoms with Gasteiger partial charge in [0, 0.05) is 62.9 Å². The molecule has 5 rings (SSSR count). The summed E-state index contributed by atoms with van der Waals surface area (Å²) in [5, 5.41) is 1.26. The Bertz CT molecular complexity index is 1260. The van der Waals surface area contributed by atoms with Crippen LogP contribution in [0.4, 0.5) is 0 Å². The molecule has 2 saturated heterocycles. The molecule has 2 aromatic carbocycles. The van der Waals surface area contributed by atoms with Crippen molar-refractivity contribution in [3.8, 4) is 5.75 Å². The molecule has 0 aliphatic carbocycles. The van der Waals surface area contributed by atoms with Gasteiger partial charge in [0.2, 0.25) is 10.0 Å². The van der Waals surface area contributed by atoms with Crippen LogP contribution in [0.15, 0.2) is 53.6 Å². The van der Waals surface area contributed by atoms with Crippen LogP contribution in [-0.4, -0.2) is 87.0 Å². The fourth-order valence-electron chi connectivity index (χ4n) is 5.41. The topological polar surface area (TPSA) is 68.9 Å². The van der Waals surface area contributed by atoms with E-state index in [0.29, 0.717) is 30.5 Å². The van der Waals surface area contributed by atoms with Crippen molar-refractivity contribution in [2.45, 2.75) is 37.0 Å². The molecule has 0 spiro atoms. The van der Waals surface area contributed by atoms with Gasteiger partial charge >= 0.3 is 0 Å². The van der Waals surface area contributed by atoms with Crippen LogP contribution in [0.3, 0.4) is 0 Å². The fraction of sp³-hybridized carbons (Fsp3) is 0.500. The fourth-order valence-corrected chi connectivity index (χ4v) is 6.88. The molecule has 1 N–H and O–H groups in total. The van der Waals surface area contributed by atoms with Gasteiger partial charge in [0.25, 0.3) is 0 Å². The van der Waals surface area contributed by atoms with Gasteiger partial charge in [0.1, 0.15) is 5.75 Å². The van der Waals surface area contributed by atoms with Crippen LogP contribution < -0.4 is 4.74 Å². The zero-order valence-electron chi connectivity index (χ0n) is 21.4. The molecule has 3 aromatic rings. The van der Waals surface area contributed by atoms with Gasteiger partial charge in [-0.25, -0.2) is 8.42 Å². The van der Waals surface area contributed by atoms with Crippen molar-refractivity contribution in [1.29, 1.82) is 0 Å². The zero-order valence-corrected chi connectivity index (χ0v) is 22.3. The molecule has 0 atom stereocenters. The summed E-state index contributed by atoms with van der Waals surface area (Å²) in [5.41, 5.74) is 3.69. The smallest absolute Gasteiger partial charge is 0.243 e. The second-order valence-electron chi connectivity index (χ2n) is 10.3. The minimum absolute atomic E-state index is 0.341. The lowest BCUT2D eigenvalue weighted by molar-refractivity contribution is 0.145. The minimum atomic E-state index is -3.51. The lowest BCUT2D eigenvalue weighted by Gasteiger charge is -2.32. The van der Waals surface area contributed by atoms with Gasteiger partial charge < -0.3 is 19.5 Å². The molecule has 1 aromatic heterocycles. The first-order valence-electron chi connectivity index (χ1n) is 13.1. The Morgan fingerprint density at radius 1 is 0.972 bits per heavy atom. The van der Waals surface area contributed by atoms with E-state index in [-0.39, 0.29) is 0 Å². The van der Waals surface area contributed by atoms with Crippen LogP contribution in [0.1, 0.15) is 36.3 Å². The van der Waals surface area contributed by atoms with Crippen molar-refractivity contribution in [1.82, 2.24) is 19.1 Å². The normalized spacial score (nSPS) is 19.2. The highest BCUT2D eigenvalue weighted by molar-refractivity contribution is 7.89. The first-order valence-corrected chi connectivity index (χ1v) is 14.6. The number of sulfonamides is 1. The standard InChI is InChI=1S/C28H38N4O3S/c1-22-4-9-28-26(20-22)27(21-29-28)23-10-13-32(14-11-23)36(33,34)25-7-5-24(6-8-25)35-19-3-12-31-17-15-30(2)16-18-31/h4-9,20-21,23,29H,3,10-19H2,1-2H3. The Kier molecular flexibility index (Phi) is 7.67. The van der Waals surface area contributed by atoms with Crippen LogP contribution in [0.2, 0.25) is 0 Å². The Morgan fingerprint density at radius 2 is 1.69 bits per heavy atom. The van der Waals surface area contributed by atoms with Crippen LogP contribution >= 0.6 is 0 Å². The number of likely N-dealkylation sites (N-methyl/N-ethyl adjacent to an activating group) is 1. The number of piperidine rings is 1. The summed E-state index contributed by atoms with van der Waals surface area (Å²) in [6, 6.07) is 13.4. The number of hydrogen-bond acceptors (Lipinski definition) is 5. The predicted molar refractivity (Wildman–Crippen MR) is 144 cm³/mol. The van der Waals surface area contributed by atoms with Gasteiger partial charge in [-0.1, -0.05) is 11.6 Å². The third-order valence-corrected chi connectivity index (χ3v) is 9.62. The lowest BCUT2D eigenvalue weighted by Crippen LogP contribution is -2.44. The number of ether oxygens (including phenoxy) is 1. The molecule has 0 radical (unpaired) electrons. The minimum Gasteiger partial charge on any atom is -0.494 e. The van der Waals surface area contributed by atoms with E-state index in [1.54, 1.807) is 28.6 Å². The maximum atomic E-state index is 13.3. The Labute approximate surface area is 215 Å². The van der Waals surface area contributed by atoms with Gasteiger partial charge in [-0.2, -0.15) is 4.31 Å². The van der Waals surface area contributed by atoms with Crippen LogP contribution in [0.25, 0.3) is 10.9 Å². The molecule has 8 heteroatoms. The highest BCUT2D eigenvalue weighted by Gasteiger charge is 2.30. The highest BCUT2D eigenvalue weighted by atomic mass is 32.2. The number of hydrogen-bond donors (Lipinski definition) is 1. The Balaban J connectivity index is 1.12. The van der Waals surface area contributed by atoms with Crippen molar-refractivity contribution in [2.24, 2.45) is 0 Å². The summed E-state index contributed by atoms with van der Waals surface area (Å²) in [5.74, 6) is 1.09. The van der Waals surface area contributed by atoms with Gasteiger partial charge in [0.15, 0.2) is 0 Å². The van der Waals surface area contributed by atoms with Crippen molar-refractivity contribution < 1.29 is 13.2 Å². The number of rotatable bonds is 8. The molecule has 2 aliphatic heterocycles. The molecule has 2 aliphatic rings. The average Bonchev–Trinajstić information content (AvgIpc) is 3.31. The summed E-state index contributed by atoms with van der Waals surface area (Å²) in [4.78, 5) is 8.55. The van der Waals surface area contributed by atoms with Crippen molar-refractivity contribution in [3.05, 3.63) is 59.8 Å². The monoisotopic (exact) mass is 510 g/mol. The molecule has 3 heterocycles. The maximum Gasteiger partial charge on any atom is 0.243 e. The molecule has 0 amide bonds. The number of aromatic amines is 1. The van der Waals surface area contributed by atoms with Crippen LogP contribution in [0, 0.1) is 6.92 Å². The third kappa shape index (κ3) is 5.62. The van der Waals surface area contributed by atoms with Gasteiger partial charge in [0.05, 0.1) is 11.5 Å². The summed E-state index contributed by atoms with van der Waals surface area (Å²) in [6.45, 7) is 9.33. The quantitative estimate of drug-likeness (QED) is 0.463. The second kappa shape index (κ2) is 10.9. The Morgan fingerprint density at radius 3 is 2.42 bits per heavy atom. The molecule has 194 valence electrons. The summed E-state index contributed by atoms with van der Waals surface area (Å²) in [6.07, 6.45) is 4.72. The number of fused-ring (bicyclic) bond motifs is 1. The zero-order chi connectivity index (χ0) is 25.1. The number of aromatic nitrogens is 1. The van der Waals surface area contributed by atoms with E-state index in [0.717, 1.165) is 63.3 Å². The number of nitrogens with one attached hydrogen (secondary N) is 1. The van der Waals surface area contributed by atoms with E-state index in [9.17, 15) is 8.42 Å². The first kappa shape index (κ1) is 25.3. The van der Waals surface area contributed by atoms with E-state index < -0.39 is 10.0 Å². The van der Waals surface area contributed by atoms with E-state index in [2.05, 4.69) is 53.2 Å². The molecule has 0 bridgehead atoms. The summed E-state index contributed by atoms with van der Waals surface area (Å²) >= 11 is 0. The van der Waals surface area contributed by atoms with E-state index in [1.165, 1.54) is 16.5 Å². The summed E-state index contributed by atoms with van der Waals surface area (Å²) < 4.78 is 34.1. The van der Waals surface area contributed by atoms with Crippen molar-refractivity contribution >= 4 is 20.9 Å². The van der Waals surface area contributed by atoms with E-state index in [1.807, 2.05) is 0 Å². The van der Waals surface area contributed by atoms with E-state index >= 15 is 0 Å². The molecule has 0 unspecified atom stereocenters. The van der Waals surface area contributed by atoms with Gasteiger partial charge in [-0.05, 0) is 81.1 Å². The molecule has 2 fully saturated rings. The molecule has 0 saturated carbocycles. The first-order chi connectivity index (χ1) is 17.4. The number of nitrogens with zero attached hydrogens (tertiary/aromatic N) is 3. The maximum absolute atomic E-state index is 13.3. The molecular formula is C28H38N4O3S. The third-order valence-electron chi connectivity index (χ3n) is 7.71. The van der Waals surface area contributed by atoms with Crippen LogP contribution in [0.5, 0.6) is 5.75 Å². The molecule has 36 heavy (non-hydrogen) atoms. The lowest BCUT2D eigenvalue weighted by atomic mass is 9.90. The largest absolute Gasteiger partial charge is 0.494 e. The predicted octanol–water partition coefficient (Wildman–Crippen LogP) is 4.06.